The molecule has 5 rings (SSSR count). The number of allylic oxidation sites excluding steroid dienone is 2. The van der Waals surface area contributed by atoms with E-state index in [1.165, 1.54) is 180 Å². The van der Waals surface area contributed by atoms with Gasteiger partial charge in [-0.05, 0) is 115 Å². The van der Waals surface area contributed by atoms with E-state index in [1.54, 1.807) is 0 Å². The Hall–Kier alpha value is -0.790. The van der Waals surface area contributed by atoms with Crippen LogP contribution in [0, 0.1) is 56.7 Å². The van der Waals surface area contributed by atoms with Crippen molar-refractivity contribution >= 4 is 5.97 Å². The second-order valence-electron chi connectivity index (χ2n) is 23.0. The first kappa shape index (κ1) is 46.3. The van der Waals surface area contributed by atoms with Crippen molar-refractivity contribution in [2.75, 3.05) is 0 Å². The molecule has 0 radical (unpaired) electrons. The smallest absolute Gasteiger partial charge is 0.306 e. The van der Waals surface area contributed by atoms with Gasteiger partial charge < -0.3 is 4.74 Å². The Morgan fingerprint density at radius 3 is 1.66 bits per heavy atom. The Morgan fingerprint density at radius 2 is 1.12 bits per heavy atom. The fourth-order valence-corrected chi connectivity index (χ4v) is 15.0. The molecular weight excluding hydrogens is 681 g/mol. The van der Waals surface area contributed by atoms with Crippen LogP contribution >= 0.6 is 0 Å². The molecule has 4 fully saturated rings. The van der Waals surface area contributed by atoms with Crippen LogP contribution in [0.5, 0.6) is 0 Å². The molecule has 324 valence electrons. The van der Waals surface area contributed by atoms with Crippen molar-refractivity contribution in [3.8, 4) is 0 Å². The van der Waals surface area contributed by atoms with Crippen LogP contribution in [-0.4, -0.2) is 12.1 Å². The molecule has 10 unspecified atom stereocenters. The number of carbonyl (C=O) groups excluding carboxylic acids is 1. The molecule has 0 aromatic carbocycles. The second-order valence-corrected chi connectivity index (χ2v) is 23.0. The Balaban J connectivity index is 0.957. The van der Waals surface area contributed by atoms with Gasteiger partial charge >= 0.3 is 5.97 Å². The van der Waals surface area contributed by atoms with Crippen LogP contribution in [0.15, 0.2) is 11.6 Å². The maximum atomic E-state index is 13.3. The monoisotopic (exact) mass is 777 g/mol. The highest BCUT2D eigenvalue weighted by Gasteiger charge is 2.68. The van der Waals surface area contributed by atoms with Crippen LogP contribution in [0.1, 0.15) is 261 Å². The van der Waals surface area contributed by atoms with Crippen molar-refractivity contribution in [1.82, 2.24) is 0 Å². The average molecular weight is 777 g/mol. The SMILES string of the molecule is CCCCCCCCCCCCCCCCCCCCCCCC(=O)OC1CCC2(C)C(CCC3(C)C2CC=C2C4C(C)C(C)CCC4(C)CCC23C)C1(C)C. The predicted molar refractivity (Wildman–Crippen MR) is 242 cm³/mol. The molecule has 0 aromatic heterocycles. The highest BCUT2D eigenvalue weighted by molar-refractivity contribution is 5.69. The van der Waals surface area contributed by atoms with Crippen LogP contribution in [-0.2, 0) is 9.53 Å². The molecule has 56 heavy (non-hydrogen) atoms. The predicted octanol–water partition coefficient (Wildman–Crippen LogP) is 17.2. The lowest BCUT2D eigenvalue weighted by molar-refractivity contribution is -0.213. The van der Waals surface area contributed by atoms with E-state index in [0.717, 1.165) is 36.5 Å². The first-order valence-corrected chi connectivity index (χ1v) is 25.6. The molecule has 0 aromatic rings. The molecule has 5 aliphatic rings. The van der Waals surface area contributed by atoms with Crippen LogP contribution in [0.4, 0.5) is 0 Å². The van der Waals surface area contributed by atoms with Gasteiger partial charge in [0.25, 0.3) is 0 Å². The number of hydrogen-bond donors (Lipinski definition) is 0. The summed E-state index contributed by atoms with van der Waals surface area (Å²) in [6, 6.07) is 0. The third-order valence-electron chi connectivity index (χ3n) is 19.1. The van der Waals surface area contributed by atoms with Crippen molar-refractivity contribution in [3.05, 3.63) is 11.6 Å². The van der Waals surface area contributed by atoms with E-state index in [-0.39, 0.29) is 17.5 Å². The van der Waals surface area contributed by atoms with Gasteiger partial charge in [0, 0.05) is 11.8 Å². The van der Waals surface area contributed by atoms with Crippen LogP contribution in [0.2, 0.25) is 0 Å². The number of esters is 1. The van der Waals surface area contributed by atoms with Crippen molar-refractivity contribution < 1.29 is 9.53 Å². The van der Waals surface area contributed by atoms with Gasteiger partial charge in [-0.25, -0.2) is 0 Å². The number of ether oxygens (including phenoxy) is 1. The molecule has 0 aliphatic heterocycles. The van der Waals surface area contributed by atoms with Crippen LogP contribution in [0.3, 0.4) is 0 Å². The van der Waals surface area contributed by atoms with E-state index in [0.29, 0.717) is 34.0 Å². The summed E-state index contributed by atoms with van der Waals surface area (Å²) in [6.45, 7) is 23.2. The highest BCUT2D eigenvalue weighted by atomic mass is 16.5. The topological polar surface area (TPSA) is 26.3 Å². The minimum Gasteiger partial charge on any atom is -0.462 e. The minimum atomic E-state index is 0.0281. The number of rotatable bonds is 23. The van der Waals surface area contributed by atoms with Gasteiger partial charge in [-0.2, -0.15) is 0 Å². The van der Waals surface area contributed by atoms with Crippen LogP contribution < -0.4 is 0 Å². The third kappa shape index (κ3) is 10.2. The number of hydrogen-bond acceptors (Lipinski definition) is 2. The largest absolute Gasteiger partial charge is 0.462 e. The van der Waals surface area contributed by atoms with Gasteiger partial charge in [-0.1, -0.05) is 202 Å². The molecule has 5 aliphatic carbocycles. The number of carbonyl (C=O) groups is 1. The molecule has 0 bridgehead atoms. The fraction of sp³-hybridized carbons (Fsp3) is 0.944. The molecule has 0 heterocycles. The van der Waals surface area contributed by atoms with E-state index in [4.69, 9.17) is 4.74 Å². The molecule has 2 nitrogen and oxygen atoms in total. The van der Waals surface area contributed by atoms with Crippen molar-refractivity contribution in [2.24, 2.45) is 56.7 Å². The van der Waals surface area contributed by atoms with Gasteiger partial charge in [0.2, 0.25) is 0 Å². The Labute approximate surface area is 350 Å². The second kappa shape index (κ2) is 20.7. The summed E-state index contributed by atoms with van der Waals surface area (Å²) in [5.41, 5.74) is 3.39. The average Bonchev–Trinajstić information content (AvgIpc) is 3.15. The third-order valence-corrected chi connectivity index (χ3v) is 19.1. The summed E-state index contributed by atoms with van der Waals surface area (Å²) < 4.78 is 6.45. The molecule has 0 saturated heterocycles. The molecular formula is C54H96O2. The van der Waals surface area contributed by atoms with Gasteiger partial charge in [-0.15, -0.1) is 0 Å². The van der Waals surface area contributed by atoms with Crippen molar-refractivity contribution in [2.45, 2.75) is 267 Å². The summed E-state index contributed by atoms with van der Waals surface area (Å²) >= 11 is 0. The standard InChI is InChI=1S/C54H96O2/c1-10-11-12-13-14-15-16-17-18-19-20-21-22-23-24-25-26-27-28-29-30-31-48(55)56-47-36-38-52(7)45(50(47,4)5)35-39-54(9)46(52)33-32-44-49-43(3)42(2)34-37-51(49,6)40-41-53(44,54)8/h32,42-43,45-47,49H,10-31,33-41H2,1-9H3. The first-order valence-electron chi connectivity index (χ1n) is 25.6. The van der Waals surface area contributed by atoms with E-state index in [1.807, 2.05) is 5.57 Å². The summed E-state index contributed by atoms with van der Waals surface area (Å²) in [6.07, 6.45) is 44.5. The van der Waals surface area contributed by atoms with Crippen LogP contribution in [0.25, 0.3) is 0 Å². The Bertz CT molecular complexity index is 1230. The molecule has 4 saturated carbocycles. The zero-order valence-electron chi connectivity index (χ0n) is 39.3. The highest BCUT2D eigenvalue weighted by Crippen LogP contribution is 2.75. The van der Waals surface area contributed by atoms with Gasteiger partial charge in [0.15, 0.2) is 0 Å². The van der Waals surface area contributed by atoms with Gasteiger partial charge in [-0.3, -0.25) is 4.79 Å². The lowest BCUT2D eigenvalue weighted by Crippen LogP contribution is -2.65. The summed E-state index contributed by atoms with van der Waals surface area (Å²) in [5, 5.41) is 0. The molecule has 10 atom stereocenters. The quantitative estimate of drug-likeness (QED) is 0.0587. The Morgan fingerprint density at radius 1 is 0.607 bits per heavy atom. The lowest BCUT2D eigenvalue weighted by atomic mass is 9.33. The minimum absolute atomic E-state index is 0.0281. The van der Waals surface area contributed by atoms with E-state index >= 15 is 0 Å². The van der Waals surface area contributed by atoms with E-state index < -0.39 is 0 Å². The molecule has 0 spiro atoms. The summed E-state index contributed by atoms with van der Waals surface area (Å²) in [4.78, 5) is 13.3. The van der Waals surface area contributed by atoms with Gasteiger partial charge in [0.05, 0.1) is 0 Å². The molecule has 2 heteroatoms. The maximum absolute atomic E-state index is 13.3. The normalized spacial score (nSPS) is 37.5. The van der Waals surface area contributed by atoms with E-state index in [9.17, 15) is 4.79 Å². The summed E-state index contributed by atoms with van der Waals surface area (Å²) in [5.74, 6) is 3.81. The van der Waals surface area contributed by atoms with Crippen molar-refractivity contribution in [3.63, 3.8) is 0 Å². The van der Waals surface area contributed by atoms with Gasteiger partial charge in [0.1, 0.15) is 6.10 Å². The molecule has 0 N–H and O–H groups in total. The zero-order chi connectivity index (χ0) is 40.5. The number of unbranched alkanes of at least 4 members (excludes halogenated alkanes) is 20. The first-order chi connectivity index (χ1) is 26.7. The Kier molecular flexibility index (Phi) is 17.1. The zero-order valence-corrected chi connectivity index (χ0v) is 39.3. The molecule has 0 amide bonds. The summed E-state index contributed by atoms with van der Waals surface area (Å²) in [7, 11) is 0. The fourth-order valence-electron chi connectivity index (χ4n) is 15.0. The number of fused-ring (bicyclic) bond motifs is 7. The van der Waals surface area contributed by atoms with Crippen molar-refractivity contribution in [1.29, 1.82) is 0 Å². The van der Waals surface area contributed by atoms with E-state index in [2.05, 4.69) is 68.4 Å². The lowest BCUT2D eigenvalue weighted by Gasteiger charge is -2.71. The maximum Gasteiger partial charge on any atom is 0.306 e.